The number of aromatic nitrogens is 7. The molecule has 4 heterocycles. The van der Waals surface area contributed by atoms with Gasteiger partial charge in [0.1, 0.15) is 23.4 Å². The number of ether oxygens (including phenoxy) is 1. The Balaban J connectivity index is 1.71. The van der Waals surface area contributed by atoms with Crippen LogP contribution in [0.1, 0.15) is 22.8 Å². The van der Waals surface area contributed by atoms with E-state index in [0.717, 1.165) is 28.0 Å². The minimum Gasteiger partial charge on any atom is -0.421 e. The standard InChI is InChI=1S/C26H20FN7O/c1-6-18-12-29-23(16(4)33-18)24-22(21-15(3)30-13-31-25(21)34(24)5)17-7-8-20(19(27)11-17)35-26-28-10-9-14(2)32-26/h1,7-13H,2-5H3. The number of hydrogen-bond acceptors (Lipinski definition) is 7. The molecule has 0 radical (unpaired) electrons. The average molecular weight is 465 g/mol. The van der Waals surface area contributed by atoms with E-state index in [9.17, 15) is 0 Å². The quantitative estimate of drug-likeness (QED) is 0.355. The summed E-state index contributed by atoms with van der Waals surface area (Å²) in [5.41, 5.74) is 5.95. The third-order valence-corrected chi connectivity index (χ3v) is 5.67. The molecule has 5 rings (SSSR count). The molecule has 9 heteroatoms. The van der Waals surface area contributed by atoms with Crippen LogP contribution in [0.5, 0.6) is 11.8 Å². The fraction of sp³-hybridized carbons (Fsp3) is 0.154. The lowest BCUT2D eigenvalue weighted by atomic mass is 9.99. The summed E-state index contributed by atoms with van der Waals surface area (Å²) in [7, 11) is 1.88. The Morgan fingerprint density at radius 3 is 2.54 bits per heavy atom. The molecule has 0 unspecified atom stereocenters. The van der Waals surface area contributed by atoms with Gasteiger partial charge in [0.25, 0.3) is 0 Å². The van der Waals surface area contributed by atoms with Crippen molar-refractivity contribution in [3.63, 3.8) is 0 Å². The molecule has 0 spiro atoms. The van der Waals surface area contributed by atoms with Gasteiger partial charge >= 0.3 is 6.01 Å². The summed E-state index contributed by atoms with van der Waals surface area (Å²) in [5.74, 6) is 1.96. The van der Waals surface area contributed by atoms with Crippen LogP contribution in [0.2, 0.25) is 0 Å². The number of nitrogens with zero attached hydrogens (tertiary/aromatic N) is 7. The van der Waals surface area contributed by atoms with E-state index in [4.69, 9.17) is 11.2 Å². The Morgan fingerprint density at radius 2 is 1.83 bits per heavy atom. The Hall–Kier alpha value is -4.71. The van der Waals surface area contributed by atoms with Crippen LogP contribution in [0, 0.1) is 38.9 Å². The summed E-state index contributed by atoms with van der Waals surface area (Å²) >= 11 is 0. The van der Waals surface area contributed by atoms with Gasteiger partial charge in [0.2, 0.25) is 0 Å². The highest BCUT2D eigenvalue weighted by Gasteiger charge is 2.24. The van der Waals surface area contributed by atoms with E-state index in [1.54, 1.807) is 37.5 Å². The summed E-state index contributed by atoms with van der Waals surface area (Å²) in [5, 5.41) is 0.794. The van der Waals surface area contributed by atoms with Crippen molar-refractivity contribution in [2.75, 3.05) is 0 Å². The van der Waals surface area contributed by atoms with Crippen molar-refractivity contribution in [2.45, 2.75) is 20.8 Å². The number of hydrogen-bond donors (Lipinski definition) is 0. The summed E-state index contributed by atoms with van der Waals surface area (Å²) in [4.78, 5) is 26.1. The lowest BCUT2D eigenvalue weighted by Crippen LogP contribution is -2.01. The topological polar surface area (TPSA) is 91.5 Å². The second-order valence-corrected chi connectivity index (χ2v) is 8.00. The van der Waals surface area contributed by atoms with Crippen LogP contribution >= 0.6 is 0 Å². The maximum atomic E-state index is 15.3. The highest BCUT2D eigenvalue weighted by Crippen LogP contribution is 2.41. The molecule has 0 aliphatic carbocycles. The first-order valence-corrected chi connectivity index (χ1v) is 10.8. The molecule has 0 amide bonds. The van der Waals surface area contributed by atoms with Crippen LogP contribution in [0.3, 0.4) is 0 Å². The SMILES string of the molecule is C#Cc1cnc(-c2c(-c3ccc(Oc4nccc(C)n4)c(F)c3)c3c(C)ncnc3n2C)c(C)n1. The number of rotatable bonds is 4. The van der Waals surface area contributed by atoms with Crippen LogP contribution in [-0.2, 0) is 7.05 Å². The van der Waals surface area contributed by atoms with Crippen molar-refractivity contribution >= 4 is 11.0 Å². The Morgan fingerprint density at radius 1 is 1.00 bits per heavy atom. The molecular weight excluding hydrogens is 445 g/mol. The molecule has 35 heavy (non-hydrogen) atoms. The van der Waals surface area contributed by atoms with E-state index >= 15 is 4.39 Å². The van der Waals surface area contributed by atoms with Crippen LogP contribution in [-0.4, -0.2) is 34.5 Å². The molecule has 1 aromatic carbocycles. The van der Waals surface area contributed by atoms with E-state index in [1.165, 1.54) is 12.4 Å². The number of halogens is 1. The van der Waals surface area contributed by atoms with Crippen molar-refractivity contribution in [1.29, 1.82) is 0 Å². The van der Waals surface area contributed by atoms with Crippen molar-refractivity contribution in [1.82, 2.24) is 34.5 Å². The van der Waals surface area contributed by atoms with Crippen LogP contribution < -0.4 is 4.74 Å². The van der Waals surface area contributed by atoms with Crippen LogP contribution in [0.4, 0.5) is 4.39 Å². The molecule has 0 bridgehead atoms. The van der Waals surface area contributed by atoms with Gasteiger partial charge in [-0.2, -0.15) is 0 Å². The first-order chi connectivity index (χ1) is 16.9. The maximum Gasteiger partial charge on any atom is 0.322 e. The predicted octanol–water partition coefficient (Wildman–Crippen LogP) is 4.72. The molecule has 0 aliphatic rings. The Labute approximate surface area is 200 Å². The van der Waals surface area contributed by atoms with E-state index < -0.39 is 5.82 Å². The van der Waals surface area contributed by atoms with Gasteiger partial charge in [0.05, 0.1) is 23.3 Å². The maximum absolute atomic E-state index is 15.3. The number of benzene rings is 1. The fourth-order valence-electron chi connectivity index (χ4n) is 4.05. The lowest BCUT2D eigenvalue weighted by molar-refractivity contribution is 0.410. The molecule has 0 saturated carbocycles. The van der Waals surface area contributed by atoms with E-state index in [0.29, 0.717) is 28.3 Å². The summed E-state index contributed by atoms with van der Waals surface area (Å²) in [6, 6.07) is 6.55. The van der Waals surface area contributed by atoms with Gasteiger partial charge in [-0.15, -0.1) is 6.42 Å². The molecule has 5 aromatic rings. The molecule has 0 aliphatic heterocycles. The second kappa shape index (κ2) is 8.57. The summed E-state index contributed by atoms with van der Waals surface area (Å²) in [6.07, 6.45) is 10.1. The molecule has 8 nitrogen and oxygen atoms in total. The minimum absolute atomic E-state index is 0.0171. The van der Waals surface area contributed by atoms with Gasteiger partial charge in [-0.3, -0.25) is 0 Å². The van der Waals surface area contributed by atoms with Gasteiger partial charge < -0.3 is 9.30 Å². The molecule has 172 valence electrons. The second-order valence-electron chi connectivity index (χ2n) is 8.00. The minimum atomic E-state index is -0.560. The Bertz CT molecular complexity index is 1650. The van der Waals surface area contributed by atoms with E-state index in [-0.39, 0.29) is 11.8 Å². The molecule has 0 N–H and O–H groups in total. The number of aryl methyl sites for hydroxylation is 4. The van der Waals surface area contributed by atoms with Gasteiger partial charge in [0, 0.05) is 29.9 Å². The predicted molar refractivity (Wildman–Crippen MR) is 129 cm³/mol. The van der Waals surface area contributed by atoms with E-state index in [2.05, 4.69) is 35.8 Å². The van der Waals surface area contributed by atoms with Gasteiger partial charge in [-0.1, -0.05) is 6.07 Å². The zero-order valence-electron chi connectivity index (χ0n) is 19.5. The highest BCUT2D eigenvalue weighted by atomic mass is 19.1. The van der Waals surface area contributed by atoms with Crippen LogP contribution in [0.25, 0.3) is 33.5 Å². The summed E-state index contributed by atoms with van der Waals surface area (Å²) < 4.78 is 22.8. The third-order valence-electron chi connectivity index (χ3n) is 5.67. The first-order valence-electron chi connectivity index (χ1n) is 10.8. The highest BCUT2D eigenvalue weighted by molar-refractivity contribution is 6.04. The normalized spacial score (nSPS) is 11.0. The zero-order valence-corrected chi connectivity index (χ0v) is 19.5. The third kappa shape index (κ3) is 3.85. The van der Waals surface area contributed by atoms with Crippen molar-refractivity contribution in [3.05, 3.63) is 71.6 Å². The van der Waals surface area contributed by atoms with Gasteiger partial charge in [-0.05, 0) is 50.5 Å². The molecule has 0 atom stereocenters. The molecular formula is C26H20FN7O. The van der Waals surface area contributed by atoms with Crippen molar-refractivity contribution < 1.29 is 9.13 Å². The summed E-state index contributed by atoms with van der Waals surface area (Å²) in [6.45, 7) is 5.53. The van der Waals surface area contributed by atoms with Gasteiger partial charge in [-0.25, -0.2) is 34.3 Å². The number of fused-ring (bicyclic) bond motifs is 1. The first kappa shape index (κ1) is 22.1. The van der Waals surface area contributed by atoms with Crippen molar-refractivity contribution in [3.8, 4) is 46.6 Å². The van der Waals surface area contributed by atoms with Crippen LogP contribution in [0.15, 0.2) is 43.0 Å². The number of terminal acetylenes is 1. The van der Waals surface area contributed by atoms with Gasteiger partial charge in [0.15, 0.2) is 11.6 Å². The Kier molecular flexibility index (Phi) is 5.41. The van der Waals surface area contributed by atoms with Crippen molar-refractivity contribution in [2.24, 2.45) is 7.05 Å². The molecule has 0 saturated heterocycles. The van der Waals surface area contributed by atoms with E-state index in [1.807, 2.05) is 25.5 Å². The lowest BCUT2D eigenvalue weighted by Gasteiger charge is -2.11. The average Bonchev–Trinajstić information content (AvgIpc) is 3.14. The molecule has 4 aromatic heterocycles. The monoisotopic (exact) mass is 465 g/mol. The smallest absolute Gasteiger partial charge is 0.322 e. The molecule has 0 fully saturated rings. The zero-order chi connectivity index (χ0) is 24.7. The largest absolute Gasteiger partial charge is 0.421 e. The fourth-order valence-corrected chi connectivity index (χ4v) is 4.05.